The zero-order chi connectivity index (χ0) is 14.5. The Bertz CT molecular complexity index is 643. The number of hydrogen-bond donors (Lipinski definition) is 4. The van der Waals surface area contributed by atoms with Gasteiger partial charge in [-0.15, -0.1) is 0 Å². The van der Waals surface area contributed by atoms with E-state index in [9.17, 15) is 0 Å². The summed E-state index contributed by atoms with van der Waals surface area (Å²) >= 11 is 0. The summed E-state index contributed by atoms with van der Waals surface area (Å²) in [6.07, 6.45) is 0. The van der Waals surface area contributed by atoms with Gasteiger partial charge in [0.05, 0.1) is 0 Å². The van der Waals surface area contributed by atoms with Crippen LogP contribution in [0, 0.1) is 0 Å². The second-order valence-electron chi connectivity index (χ2n) is 4.46. The second kappa shape index (κ2) is 5.84. The molecule has 3 rings (SSSR count). The molecule has 8 N–H and O–H groups in total. The van der Waals surface area contributed by atoms with E-state index in [0.717, 1.165) is 33.5 Å². The lowest BCUT2D eigenvalue weighted by molar-refractivity contribution is 1.67. The summed E-state index contributed by atoms with van der Waals surface area (Å²) in [7, 11) is 0. The minimum absolute atomic E-state index is 0.749. The number of anilines is 4. The molecule has 0 fully saturated rings. The van der Waals surface area contributed by atoms with Crippen LogP contribution in [-0.4, -0.2) is 0 Å². The number of nitrogens with two attached hydrogens (primary N) is 4. The lowest BCUT2D eigenvalue weighted by atomic mass is 10.1. The van der Waals surface area contributed by atoms with Gasteiger partial charge < -0.3 is 22.9 Å². The van der Waals surface area contributed by atoms with E-state index >= 15 is 0 Å². The molecule has 0 spiro atoms. The first kappa shape index (κ1) is 13.5. The Balaban J connectivity index is 0.000000160. The normalized spacial score (nSPS) is 9.80. The Hall–Kier alpha value is -2.88. The topological polar surface area (TPSA) is 104 Å². The number of nitrogen functional groups attached to an aromatic ring is 4. The average Bonchev–Trinajstić information content (AvgIpc) is 2.44. The van der Waals surface area contributed by atoms with Crippen LogP contribution in [0.1, 0.15) is 0 Å². The van der Waals surface area contributed by atoms with Gasteiger partial charge >= 0.3 is 0 Å². The predicted octanol–water partition coefficient (Wildman–Crippen LogP) is 2.86. The van der Waals surface area contributed by atoms with E-state index in [0.29, 0.717) is 0 Å². The summed E-state index contributed by atoms with van der Waals surface area (Å²) in [6.45, 7) is 0. The van der Waals surface area contributed by atoms with E-state index in [1.807, 2.05) is 36.4 Å². The highest BCUT2D eigenvalue weighted by Crippen LogP contribution is 2.24. The minimum atomic E-state index is 0.749. The van der Waals surface area contributed by atoms with Crippen molar-refractivity contribution < 1.29 is 0 Å². The number of rotatable bonds is 0. The highest BCUT2D eigenvalue weighted by Gasteiger charge is 1.98. The fourth-order valence-corrected chi connectivity index (χ4v) is 1.85. The van der Waals surface area contributed by atoms with Crippen LogP contribution in [-0.2, 0) is 0 Å². The molecule has 0 amide bonds. The van der Waals surface area contributed by atoms with Crippen LogP contribution in [0.3, 0.4) is 0 Å². The van der Waals surface area contributed by atoms with Crippen LogP contribution in [0.15, 0.2) is 60.7 Å². The molecule has 0 aromatic heterocycles. The molecular weight excluding hydrogens is 248 g/mol. The van der Waals surface area contributed by atoms with Gasteiger partial charge in [-0.3, -0.25) is 0 Å². The van der Waals surface area contributed by atoms with Crippen molar-refractivity contribution in [1.82, 2.24) is 0 Å². The Labute approximate surface area is 118 Å². The van der Waals surface area contributed by atoms with Crippen LogP contribution in [0.2, 0.25) is 0 Å². The Morgan fingerprint density at radius 3 is 1.15 bits per heavy atom. The lowest BCUT2D eigenvalue weighted by Crippen LogP contribution is -1.90. The van der Waals surface area contributed by atoms with Crippen LogP contribution >= 0.6 is 0 Å². The molecule has 20 heavy (non-hydrogen) atoms. The number of fused-ring (bicyclic) bond motifs is 1. The van der Waals surface area contributed by atoms with Gasteiger partial charge in [0.25, 0.3) is 0 Å². The molecule has 0 atom stereocenters. The molecule has 0 aliphatic rings. The molecule has 102 valence electrons. The van der Waals surface area contributed by atoms with Gasteiger partial charge in [-0.05, 0) is 36.4 Å². The fraction of sp³-hybridized carbons (Fsp3) is 0. The average molecular weight is 266 g/mol. The maximum absolute atomic E-state index is 5.77. The first-order valence-corrected chi connectivity index (χ1v) is 6.21. The molecule has 4 heteroatoms. The van der Waals surface area contributed by atoms with Gasteiger partial charge in [-0.2, -0.15) is 0 Å². The predicted molar refractivity (Wildman–Crippen MR) is 88.0 cm³/mol. The summed E-state index contributed by atoms with van der Waals surface area (Å²) in [5, 5.41) is 2.05. The Kier molecular flexibility index (Phi) is 3.96. The van der Waals surface area contributed by atoms with Crippen molar-refractivity contribution in [2.45, 2.75) is 0 Å². The number of hydrogen-bond acceptors (Lipinski definition) is 4. The molecule has 0 heterocycles. The van der Waals surface area contributed by atoms with Crippen molar-refractivity contribution in [3.63, 3.8) is 0 Å². The van der Waals surface area contributed by atoms with Gasteiger partial charge in [0, 0.05) is 33.5 Å². The van der Waals surface area contributed by atoms with Gasteiger partial charge in [-0.1, -0.05) is 24.3 Å². The molecule has 3 aromatic rings. The van der Waals surface area contributed by atoms with E-state index in [1.165, 1.54) is 0 Å². The molecule has 0 aliphatic heterocycles. The van der Waals surface area contributed by atoms with Gasteiger partial charge in [-0.25, -0.2) is 0 Å². The summed E-state index contributed by atoms with van der Waals surface area (Å²) < 4.78 is 0. The third kappa shape index (κ3) is 3.11. The lowest BCUT2D eigenvalue weighted by Gasteiger charge is -2.03. The van der Waals surface area contributed by atoms with Crippen LogP contribution < -0.4 is 22.9 Å². The molecule has 0 aliphatic carbocycles. The molecule has 4 nitrogen and oxygen atoms in total. The summed E-state index contributed by atoms with van der Waals surface area (Å²) in [5.41, 5.74) is 25.3. The zero-order valence-corrected chi connectivity index (χ0v) is 11.1. The van der Waals surface area contributed by atoms with Crippen molar-refractivity contribution in [3.05, 3.63) is 60.7 Å². The first-order chi connectivity index (χ1) is 9.58. The van der Waals surface area contributed by atoms with E-state index in [-0.39, 0.29) is 0 Å². The molecule has 0 bridgehead atoms. The molecule has 3 aromatic carbocycles. The SMILES string of the molecule is Nc1ccc(N)cc1.Nc1cccc2c(N)cccc12. The van der Waals surface area contributed by atoms with Gasteiger partial charge in [0.15, 0.2) is 0 Å². The van der Waals surface area contributed by atoms with Gasteiger partial charge in [0.1, 0.15) is 0 Å². The first-order valence-electron chi connectivity index (χ1n) is 6.21. The largest absolute Gasteiger partial charge is 0.399 e. The van der Waals surface area contributed by atoms with Crippen molar-refractivity contribution in [2.75, 3.05) is 22.9 Å². The standard InChI is InChI=1S/C10H10N2.C6H8N2/c11-9-5-1-3-7-8(9)4-2-6-10(7)12;7-5-1-2-6(8)4-3-5/h1-6H,11-12H2;1-4H,7-8H2. The van der Waals surface area contributed by atoms with Crippen LogP contribution in [0.4, 0.5) is 22.7 Å². The maximum atomic E-state index is 5.77. The van der Waals surface area contributed by atoms with Crippen molar-refractivity contribution in [3.8, 4) is 0 Å². The van der Waals surface area contributed by atoms with E-state index in [1.54, 1.807) is 24.3 Å². The number of benzene rings is 3. The summed E-state index contributed by atoms with van der Waals surface area (Å²) in [5.74, 6) is 0. The van der Waals surface area contributed by atoms with Crippen molar-refractivity contribution in [2.24, 2.45) is 0 Å². The minimum Gasteiger partial charge on any atom is -0.399 e. The van der Waals surface area contributed by atoms with E-state index < -0.39 is 0 Å². The molecular formula is C16H18N4. The van der Waals surface area contributed by atoms with E-state index in [2.05, 4.69) is 0 Å². The van der Waals surface area contributed by atoms with Crippen molar-refractivity contribution in [1.29, 1.82) is 0 Å². The highest BCUT2D eigenvalue weighted by atomic mass is 14.6. The smallest absolute Gasteiger partial charge is 0.0394 e. The highest BCUT2D eigenvalue weighted by molar-refractivity contribution is 5.99. The van der Waals surface area contributed by atoms with Crippen molar-refractivity contribution >= 4 is 33.5 Å². The van der Waals surface area contributed by atoms with E-state index in [4.69, 9.17) is 22.9 Å². The second-order valence-corrected chi connectivity index (χ2v) is 4.46. The van der Waals surface area contributed by atoms with Crippen LogP contribution in [0.25, 0.3) is 10.8 Å². The Morgan fingerprint density at radius 2 is 0.800 bits per heavy atom. The molecule has 0 radical (unpaired) electrons. The fourth-order valence-electron chi connectivity index (χ4n) is 1.85. The third-order valence-electron chi connectivity index (χ3n) is 2.93. The summed E-state index contributed by atoms with van der Waals surface area (Å²) in [4.78, 5) is 0. The quantitative estimate of drug-likeness (QED) is 0.469. The molecule has 0 saturated carbocycles. The molecule has 0 unspecified atom stereocenters. The monoisotopic (exact) mass is 266 g/mol. The molecule has 0 saturated heterocycles. The Morgan fingerprint density at radius 1 is 0.450 bits per heavy atom. The van der Waals surface area contributed by atoms with Crippen LogP contribution in [0.5, 0.6) is 0 Å². The maximum Gasteiger partial charge on any atom is 0.0394 e. The third-order valence-corrected chi connectivity index (χ3v) is 2.93. The zero-order valence-electron chi connectivity index (χ0n) is 11.1. The van der Waals surface area contributed by atoms with Gasteiger partial charge in [0.2, 0.25) is 0 Å². The summed E-state index contributed by atoms with van der Waals surface area (Å²) in [6, 6.07) is 18.6.